The van der Waals surface area contributed by atoms with E-state index in [1.54, 1.807) is 36.4 Å². The third-order valence-corrected chi connectivity index (χ3v) is 4.33. The molecular formula is C18H13NO4S. The number of carbonyl (C=O) groups excluding carboxylic acids is 3. The van der Waals surface area contributed by atoms with Crippen molar-refractivity contribution >= 4 is 34.9 Å². The molecule has 0 atom stereocenters. The van der Waals surface area contributed by atoms with Gasteiger partial charge < -0.3 is 5.11 Å². The summed E-state index contributed by atoms with van der Waals surface area (Å²) in [6.07, 6.45) is 1.48. The minimum atomic E-state index is -0.654. The average Bonchev–Trinajstić information content (AvgIpc) is 2.81. The van der Waals surface area contributed by atoms with E-state index in [9.17, 15) is 19.5 Å². The second-order valence-electron chi connectivity index (χ2n) is 5.28. The second kappa shape index (κ2) is 6.33. The van der Waals surface area contributed by atoms with E-state index in [-0.39, 0.29) is 16.2 Å². The van der Waals surface area contributed by atoms with Gasteiger partial charge in [0.25, 0.3) is 11.8 Å². The minimum Gasteiger partial charge on any atom is -0.508 e. The molecule has 1 saturated heterocycles. The topological polar surface area (TPSA) is 74.7 Å². The third kappa shape index (κ3) is 3.09. The molecule has 2 aromatic rings. The molecule has 2 aromatic carbocycles. The van der Waals surface area contributed by atoms with Crippen LogP contribution in [0.3, 0.4) is 0 Å². The van der Waals surface area contributed by atoms with E-state index in [2.05, 4.69) is 0 Å². The number of phenols is 1. The Balaban J connectivity index is 1.89. The van der Waals surface area contributed by atoms with E-state index >= 15 is 0 Å². The first-order chi connectivity index (χ1) is 11.5. The summed E-state index contributed by atoms with van der Waals surface area (Å²) in [5, 5.41) is 8.84. The molecule has 3 amide bonds. The lowest BCUT2D eigenvalue weighted by Gasteiger charge is -2.10. The molecule has 1 aliphatic heterocycles. The van der Waals surface area contributed by atoms with Crippen molar-refractivity contribution in [2.24, 2.45) is 0 Å². The van der Waals surface area contributed by atoms with Crippen LogP contribution in [0.4, 0.5) is 4.79 Å². The van der Waals surface area contributed by atoms with E-state index < -0.39 is 17.1 Å². The third-order valence-electron chi connectivity index (χ3n) is 3.46. The molecule has 1 N–H and O–H groups in total. The molecule has 1 aliphatic rings. The molecule has 6 heteroatoms. The van der Waals surface area contributed by atoms with Crippen molar-refractivity contribution in [2.75, 3.05) is 0 Å². The van der Waals surface area contributed by atoms with Crippen LogP contribution in [-0.2, 0) is 4.79 Å². The predicted octanol–water partition coefficient (Wildman–Crippen LogP) is 3.58. The number of carbonyl (C=O) groups is 3. The van der Waals surface area contributed by atoms with E-state index in [1.807, 2.05) is 6.92 Å². The zero-order valence-corrected chi connectivity index (χ0v) is 13.5. The number of benzene rings is 2. The van der Waals surface area contributed by atoms with E-state index in [0.29, 0.717) is 22.2 Å². The number of imide groups is 3. The summed E-state index contributed by atoms with van der Waals surface area (Å²) in [7, 11) is 0. The van der Waals surface area contributed by atoms with Crippen LogP contribution < -0.4 is 0 Å². The number of hydrogen-bond donors (Lipinski definition) is 1. The van der Waals surface area contributed by atoms with Crippen LogP contribution in [0, 0.1) is 6.92 Å². The molecule has 0 saturated carbocycles. The molecule has 0 aromatic heterocycles. The van der Waals surface area contributed by atoms with Gasteiger partial charge >= 0.3 is 5.24 Å². The Hall–Kier alpha value is -2.86. The van der Waals surface area contributed by atoms with Gasteiger partial charge in [0.1, 0.15) is 5.75 Å². The van der Waals surface area contributed by atoms with Crippen molar-refractivity contribution < 1.29 is 19.5 Å². The SMILES string of the molecule is Cc1ccc(C(=O)N2C(=O)S/C(=C\c3cccc(O)c3)C2=O)cc1. The number of hydrogen-bond acceptors (Lipinski definition) is 5. The van der Waals surface area contributed by atoms with Crippen LogP contribution in [0.15, 0.2) is 53.4 Å². The quantitative estimate of drug-likeness (QED) is 0.669. The summed E-state index contributed by atoms with van der Waals surface area (Å²) in [6, 6.07) is 12.9. The van der Waals surface area contributed by atoms with Gasteiger partial charge in [0, 0.05) is 5.56 Å². The summed E-state index contributed by atoms with van der Waals surface area (Å²) in [6.45, 7) is 1.88. The maximum Gasteiger partial charge on any atom is 0.300 e. The highest BCUT2D eigenvalue weighted by molar-refractivity contribution is 8.18. The van der Waals surface area contributed by atoms with Crippen molar-refractivity contribution in [3.63, 3.8) is 0 Å². The van der Waals surface area contributed by atoms with Gasteiger partial charge in [-0.05, 0) is 54.6 Å². The molecule has 0 bridgehead atoms. The molecular weight excluding hydrogens is 326 g/mol. The molecule has 0 aliphatic carbocycles. The maximum atomic E-state index is 12.4. The molecule has 0 unspecified atom stereocenters. The largest absolute Gasteiger partial charge is 0.508 e. The number of rotatable bonds is 2. The Labute approximate surface area is 142 Å². The Morgan fingerprint density at radius 3 is 2.50 bits per heavy atom. The normalized spacial score (nSPS) is 16.0. The monoisotopic (exact) mass is 339 g/mol. The van der Waals surface area contributed by atoms with Crippen LogP contribution >= 0.6 is 11.8 Å². The van der Waals surface area contributed by atoms with Crippen LogP contribution in [0.5, 0.6) is 5.75 Å². The first-order valence-electron chi connectivity index (χ1n) is 7.14. The average molecular weight is 339 g/mol. The van der Waals surface area contributed by atoms with Gasteiger partial charge in [-0.15, -0.1) is 0 Å². The van der Waals surface area contributed by atoms with Gasteiger partial charge in [-0.25, -0.2) is 4.90 Å². The highest BCUT2D eigenvalue weighted by Crippen LogP contribution is 2.33. The van der Waals surface area contributed by atoms with Crippen LogP contribution in [0.1, 0.15) is 21.5 Å². The fraction of sp³-hybridized carbons (Fsp3) is 0.0556. The Bertz CT molecular complexity index is 871. The molecule has 1 heterocycles. The number of phenolic OH excluding ortho intramolecular Hbond substituents is 1. The van der Waals surface area contributed by atoms with Crippen molar-refractivity contribution in [2.45, 2.75) is 6.92 Å². The van der Waals surface area contributed by atoms with E-state index in [0.717, 1.165) is 5.56 Å². The molecule has 120 valence electrons. The van der Waals surface area contributed by atoms with Gasteiger partial charge in [0.15, 0.2) is 0 Å². The minimum absolute atomic E-state index is 0.0544. The number of aromatic hydroxyl groups is 1. The van der Waals surface area contributed by atoms with E-state index in [4.69, 9.17) is 0 Å². The maximum absolute atomic E-state index is 12.4. The molecule has 0 spiro atoms. The van der Waals surface area contributed by atoms with Gasteiger partial charge in [0.05, 0.1) is 4.91 Å². The lowest BCUT2D eigenvalue weighted by atomic mass is 10.1. The number of nitrogens with zero attached hydrogens (tertiary/aromatic N) is 1. The predicted molar refractivity (Wildman–Crippen MR) is 91.4 cm³/mol. The van der Waals surface area contributed by atoms with Crippen molar-refractivity contribution in [1.82, 2.24) is 4.90 Å². The van der Waals surface area contributed by atoms with Crippen LogP contribution in [-0.4, -0.2) is 27.1 Å². The molecule has 0 radical (unpaired) electrons. The second-order valence-corrected chi connectivity index (χ2v) is 6.28. The number of amides is 3. The molecule has 3 rings (SSSR count). The highest BCUT2D eigenvalue weighted by Gasteiger charge is 2.40. The van der Waals surface area contributed by atoms with Crippen LogP contribution in [0.2, 0.25) is 0 Å². The molecule has 24 heavy (non-hydrogen) atoms. The summed E-state index contributed by atoms with van der Waals surface area (Å²) >= 11 is 0.705. The van der Waals surface area contributed by atoms with Crippen molar-refractivity contribution in [1.29, 1.82) is 0 Å². The van der Waals surface area contributed by atoms with Crippen molar-refractivity contribution in [3.05, 3.63) is 70.1 Å². The first-order valence-corrected chi connectivity index (χ1v) is 7.95. The zero-order valence-electron chi connectivity index (χ0n) is 12.7. The standard InChI is InChI=1S/C18H13NO4S/c1-11-5-7-13(8-6-11)16(21)19-17(22)15(24-18(19)23)10-12-3-2-4-14(20)9-12/h2-10,20H,1H3/b15-10-. The summed E-state index contributed by atoms with van der Waals surface area (Å²) < 4.78 is 0. The summed E-state index contributed by atoms with van der Waals surface area (Å²) in [5.74, 6) is -1.24. The van der Waals surface area contributed by atoms with E-state index in [1.165, 1.54) is 18.2 Å². The van der Waals surface area contributed by atoms with Gasteiger partial charge in [0.2, 0.25) is 0 Å². The van der Waals surface area contributed by atoms with Crippen LogP contribution in [0.25, 0.3) is 6.08 Å². The Morgan fingerprint density at radius 2 is 1.83 bits per heavy atom. The fourth-order valence-corrected chi connectivity index (χ4v) is 3.05. The lowest BCUT2D eigenvalue weighted by molar-refractivity contribution is -0.120. The fourth-order valence-electron chi connectivity index (χ4n) is 2.23. The highest BCUT2D eigenvalue weighted by atomic mass is 32.2. The molecule has 5 nitrogen and oxygen atoms in total. The molecule has 1 fully saturated rings. The summed E-state index contributed by atoms with van der Waals surface area (Å²) in [4.78, 5) is 37.7. The lowest BCUT2D eigenvalue weighted by Crippen LogP contribution is -2.34. The number of aryl methyl sites for hydroxylation is 1. The summed E-state index contributed by atoms with van der Waals surface area (Å²) in [5.41, 5.74) is 1.83. The van der Waals surface area contributed by atoms with Gasteiger partial charge in [-0.2, -0.15) is 0 Å². The Morgan fingerprint density at radius 1 is 1.12 bits per heavy atom. The zero-order chi connectivity index (χ0) is 17.3. The van der Waals surface area contributed by atoms with Crippen molar-refractivity contribution in [3.8, 4) is 5.75 Å². The van der Waals surface area contributed by atoms with Gasteiger partial charge in [-0.1, -0.05) is 29.8 Å². The Kier molecular flexibility index (Phi) is 4.22. The number of thioether (sulfide) groups is 1. The van der Waals surface area contributed by atoms with Gasteiger partial charge in [-0.3, -0.25) is 14.4 Å². The first kappa shape index (κ1) is 16.0. The smallest absolute Gasteiger partial charge is 0.300 e.